The fourth-order valence-electron chi connectivity index (χ4n) is 1.59. The zero-order valence-electron chi connectivity index (χ0n) is 7.76. The van der Waals surface area contributed by atoms with Crippen molar-refractivity contribution in [1.29, 1.82) is 0 Å². The van der Waals surface area contributed by atoms with E-state index >= 15 is 0 Å². The lowest BCUT2D eigenvalue weighted by Gasteiger charge is -2.27. The lowest BCUT2D eigenvalue weighted by Crippen LogP contribution is -2.37. The first-order chi connectivity index (χ1) is 6.70. The van der Waals surface area contributed by atoms with Gasteiger partial charge in [-0.15, -0.1) is 0 Å². The van der Waals surface area contributed by atoms with E-state index in [9.17, 15) is 8.42 Å². The third-order valence-corrected chi connectivity index (χ3v) is 4.17. The minimum atomic E-state index is -3.07. The molecule has 0 aliphatic carbocycles. The molecule has 1 aliphatic heterocycles. The summed E-state index contributed by atoms with van der Waals surface area (Å²) in [6.07, 6.45) is 4.92. The summed E-state index contributed by atoms with van der Waals surface area (Å²) < 4.78 is 24.8. The second-order valence-corrected chi connectivity index (χ2v) is 5.31. The summed E-state index contributed by atoms with van der Waals surface area (Å²) in [4.78, 5) is 3.87. The average Bonchev–Trinajstić information content (AvgIpc) is 2.18. The van der Waals surface area contributed by atoms with Gasteiger partial charge in [0.2, 0.25) is 10.0 Å². The zero-order valence-corrected chi connectivity index (χ0v) is 8.57. The van der Waals surface area contributed by atoms with Crippen LogP contribution in [0, 0.1) is 0 Å². The van der Waals surface area contributed by atoms with Crippen LogP contribution in [0.1, 0.15) is 12.8 Å². The van der Waals surface area contributed by atoms with Crippen LogP contribution in [-0.4, -0.2) is 25.7 Å². The number of hydrogen-bond donors (Lipinski definition) is 0. The molecular weight excluding hydrogens is 200 g/mol. The molecule has 14 heavy (non-hydrogen) atoms. The minimum Gasteiger partial charge on any atom is -0.270 e. The molecule has 76 valence electrons. The smallest absolute Gasteiger partial charge is 0.235 e. The molecule has 4 nitrogen and oxygen atoms in total. The van der Waals surface area contributed by atoms with E-state index in [4.69, 9.17) is 0 Å². The maximum Gasteiger partial charge on any atom is 0.235 e. The summed E-state index contributed by atoms with van der Waals surface area (Å²) in [5.74, 6) is 0.259. The van der Waals surface area contributed by atoms with Crippen molar-refractivity contribution in [3.05, 3.63) is 24.5 Å². The van der Waals surface area contributed by atoms with Gasteiger partial charge in [-0.1, -0.05) is 0 Å². The molecule has 0 atom stereocenters. The molecule has 0 unspecified atom stereocenters. The van der Waals surface area contributed by atoms with Gasteiger partial charge in [0.15, 0.2) is 0 Å². The van der Waals surface area contributed by atoms with Gasteiger partial charge in [-0.25, -0.2) is 8.42 Å². The van der Waals surface area contributed by atoms with Gasteiger partial charge in [0.1, 0.15) is 0 Å². The van der Waals surface area contributed by atoms with Crippen molar-refractivity contribution < 1.29 is 8.42 Å². The van der Waals surface area contributed by atoms with Crippen LogP contribution in [-0.2, 0) is 10.0 Å². The van der Waals surface area contributed by atoms with Crippen molar-refractivity contribution >= 4 is 15.7 Å². The first kappa shape index (κ1) is 9.45. The maximum absolute atomic E-state index is 11.7. The van der Waals surface area contributed by atoms with Gasteiger partial charge in [0.25, 0.3) is 0 Å². The van der Waals surface area contributed by atoms with Crippen molar-refractivity contribution in [2.75, 3.05) is 16.6 Å². The van der Waals surface area contributed by atoms with Gasteiger partial charge in [-0.05, 0) is 25.0 Å². The maximum atomic E-state index is 11.7. The molecule has 0 saturated carbocycles. The van der Waals surface area contributed by atoms with E-state index in [0.717, 1.165) is 18.5 Å². The van der Waals surface area contributed by atoms with Gasteiger partial charge in [0, 0.05) is 18.9 Å². The van der Waals surface area contributed by atoms with E-state index < -0.39 is 10.0 Å². The Balaban J connectivity index is 2.34. The van der Waals surface area contributed by atoms with Crippen molar-refractivity contribution in [1.82, 2.24) is 4.98 Å². The van der Waals surface area contributed by atoms with Crippen molar-refractivity contribution in [2.45, 2.75) is 12.8 Å². The average molecular weight is 212 g/mol. The quantitative estimate of drug-likeness (QED) is 0.698. The molecule has 0 N–H and O–H groups in total. The second-order valence-electron chi connectivity index (χ2n) is 3.30. The van der Waals surface area contributed by atoms with E-state index in [-0.39, 0.29) is 5.75 Å². The summed E-state index contributed by atoms with van der Waals surface area (Å²) in [5, 5.41) is 0. The molecule has 1 saturated heterocycles. The predicted octanol–water partition coefficient (Wildman–Crippen LogP) is 1.01. The lowest BCUT2D eigenvalue weighted by atomic mass is 10.3. The summed E-state index contributed by atoms with van der Waals surface area (Å²) in [6.45, 7) is 0.590. The van der Waals surface area contributed by atoms with Crippen LogP contribution in [0.15, 0.2) is 24.5 Å². The molecule has 0 spiro atoms. The van der Waals surface area contributed by atoms with Crippen LogP contribution in [0.3, 0.4) is 0 Å². The monoisotopic (exact) mass is 212 g/mol. The second kappa shape index (κ2) is 3.57. The van der Waals surface area contributed by atoms with E-state index in [1.807, 2.05) is 0 Å². The Morgan fingerprint density at radius 3 is 2.57 bits per heavy atom. The van der Waals surface area contributed by atoms with Crippen molar-refractivity contribution in [2.24, 2.45) is 0 Å². The molecule has 2 rings (SSSR count). The summed E-state index contributed by atoms with van der Waals surface area (Å²) in [6, 6.07) is 3.45. The Hall–Kier alpha value is -1.10. The molecule has 0 amide bonds. The fraction of sp³-hybridized carbons (Fsp3) is 0.444. The van der Waals surface area contributed by atoms with Crippen LogP contribution < -0.4 is 4.31 Å². The SMILES string of the molecule is O=S1(=O)CCCCN1c1ccncc1. The zero-order chi connectivity index (χ0) is 10.0. The fourth-order valence-corrected chi connectivity index (χ4v) is 3.23. The highest BCUT2D eigenvalue weighted by atomic mass is 32.2. The van der Waals surface area contributed by atoms with Gasteiger partial charge in [0.05, 0.1) is 11.4 Å². The van der Waals surface area contributed by atoms with Crippen molar-refractivity contribution in [3.63, 3.8) is 0 Å². The normalized spacial score (nSPS) is 20.7. The number of rotatable bonds is 1. The van der Waals surface area contributed by atoms with Crippen LogP contribution in [0.2, 0.25) is 0 Å². The van der Waals surface area contributed by atoms with Crippen molar-refractivity contribution in [3.8, 4) is 0 Å². The molecule has 1 aromatic rings. The first-order valence-electron chi connectivity index (χ1n) is 4.60. The summed E-state index contributed by atoms with van der Waals surface area (Å²) in [7, 11) is -3.07. The van der Waals surface area contributed by atoms with E-state index in [1.54, 1.807) is 24.5 Å². The number of aromatic nitrogens is 1. The largest absolute Gasteiger partial charge is 0.270 e. The number of pyridine rings is 1. The highest BCUT2D eigenvalue weighted by molar-refractivity contribution is 7.92. The van der Waals surface area contributed by atoms with E-state index in [2.05, 4.69) is 4.98 Å². The molecule has 1 aromatic heterocycles. The van der Waals surface area contributed by atoms with Gasteiger partial charge in [-0.2, -0.15) is 0 Å². The predicted molar refractivity (Wildman–Crippen MR) is 54.6 cm³/mol. The highest BCUT2D eigenvalue weighted by Crippen LogP contribution is 2.21. The van der Waals surface area contributed by atoms with Crippen LogP contribution in [0.5, 0.6) is 0 Å². The third kappa shape index (κ3) is 1.72. The van der Waals surface area contributed by atoms with Gasteiger partial charge >= 0.3 is 0 Å². The van der Waals surface area contributed by atoms with E-state index in [0.29, 0.717) is 6.54 Å². The molecule has 0 radical (unpaired) electrons. The molecule has 1 fully saturated rings. The van der Waals surface area contributed by atoms with E-state index in [1.165, 1.54) is 4.31 Å². The topological polar surface area (TPSA) is 50.3 Å². The number of hydrogen-bond acceptors (Lipinski definition) is 3. The standard InChI is InChI=1S/C9H12N2O2S/c12-14(13)8-2-1-7-11(14)9-3-5-10-6-4-9/h3-6H,1-2,7-8H2. The third-order valence-electron chi connectivity index (χ3n) is 2.30. The Morgan fingerprint density at radius 2 is 1.93 bits per heavy atom. The Labute approximate surface area is 83.6 Å². The Bertz CT molecular complexity index is 402. The highest BCUT2D eigenvalue weighted by Gasteiger charge is 2.25. The first-order valence-corrected chi connectivity index (χ1v) is 6.21. The molecule has 5 heteroatoms. The molecule has 0 aromatic carbocycles. The molecule has 1 aliphatic rings. The summed E-state index contributed by atoms with van der Waals surface area (Å²) >= 11 is 0. The van der Waals surface area contributed by atoms with Crippen LogP contribution in [0.25, 0.3) is 0 Å². The number of anilines is 1. The number of nitrogens with zero attached hydrogens (tertiary/aromatic N) is 2. The lowest BCUT2D eigenvalue weighted by molar-refractivity contribution is 0.574. The van der Waals surface area contributed by atoms with Crippen LogP contribution in [0.4, 0.5) is 5.69 Å². The molecular formula is C9H12N2O2S. The molecule has 0 bridgehead atoms. The minimum absolute atomic E-state index is 0.259. The number of sulfonamides is 1. The molecule has 2 heterocycles. The Morgan fingerprint density at radius 1 is 1.21 bits per heavy atom. The van der Waals surface area contributed by atoms with Gasteiger partial charge in [-0.3, -0.25) is 9.29 Å². The Kier molecular flexibility index (Phi) is 2.41. The summed E-state index contributed by atoms with van der Waals surface area (Å²) in [5.41, 5.74) is 0.722. The van der Waals surface area contributed by atoms with Gasteiger partial charge < -0.3 is 0 Å². The van der Waals surface area contributed by atoms with Crippen LogP contribution >= 0.6 is 0 Å².